The zero-order valence-electron chi connectivity index (χ0n) is 15.3. The van der Waals surface area contributed by atoms with Gasteiger partial charge in [-0.1, -0.05) is 30.3 Å². The molecule has 0 radical (unpaired) electrons. The summed E-state index contributed by atoms with van der Waals surface area (Å²) in [5, 5.41) is 3.39. The van der Waals surface area contributed by atoms with Gasteiger partial charge in [0.1, 0.15) is 5.82 Å². The summed E-state index contributed by atoms with van der Waals surface area (Å²) < 4.78 is 15.0. The van der Waals surface area contributed by atoms with E-state index in [0.29, 0.717) is 13.1 Å². The first-order chi connectivity index (χ1) is 12.7. The van der Waals surface area contributed by atoms with Crippen molar-refractivity contribution in [2.45, 2.75) is 13.1 Å². The highest BCUT2D eigenvalue weighted by Crippen LogP contribution is 2.14. The van der Waals surface area contributed by atoms with Gasteiger partial charge in [0, 0.05) is 39.6 Å². The normalized spacial score (nSPS) is 11.0. The van der Waals surface area contributed by atoms with Crippen LogP contribution in [0.3, 0.4) is 0 Å². The zero-order chi connectivity index (χ0) is 18.4. The van der Waals surface area contributed by atoms with Crippen molar-refractivity contribution in [1.82, 2.24) is 19.8 Å². The molecule has 1 N–H and O–H groups in total. The molecular weight excluding hydrogens is 456 g/mol. The van der Waals surface area contributed by atoms with E-state index in [4.69, 9.17) is 0 Å². The zero-order valence-corrected chi connectivity index (χ0v) is 17.7. The third-order valence-corrected chi connectivity index (χ3v) is 4.12. The van der Waals surface area contributed by atoms with Gasteiger partial charge in [-0.05, 0) is 29.3 Å². The second-order valence-corrected chi connectivity index (χ2v) is 5.98. The molecule has 0 spiro atoms. The van der Waals surface area contributed by atoms with Crippen LogP contribution in [0.15, 0.2) is 72.2 Å². The van der Waals surface area contributed by atoms with Crippen molar-refractivity contribution in [2.75, 3.05) is 14.1 Å². The van der Waals surface area contributed by atoms with Gasteiger partial charge in [-0.15, -0.1) is 24.0 Å². The highest BCUT2D eigenvalue weighted by Gasteiger charge is 2.09. The Morgan fingerprint density at radius 1 is 1.19 bits per heavy atom. The maximum absolute atomic E-state index is 13.1. The van der Waals surface area contributed by atoms with Crippen molar-refractivity contribution in [2.24, 2.45) is 4.99 Å². The molecular formula is C20H23FIN5. The SMILES string of the molecule is CN=C(NCc1ccccc1-n1ccnc1)N(C)Cc1ccc(F)cc1.I. The second kappa shape index (κ2) is 10.1. The molecule has 0 atom stereocenters. The number of para-hydroxylation sites is 1. The van der Waals surface area contributed by atoms with Crippen LogP contribution < -0.4 is 5.32 Å². The summed E-state index contributed by atoms with van der Waals surface area (Å²) in [6.07, 6.45) is 5.47. The number of nitrogens with one attached hydrogen (secondary N) is 1. The molecule has 0 fully saturated rings. The Bertz CT molecular complexity index is 862. The fourth-order valence-electron chi connectivity index (χ4n) is 2.81. The first-order valence-electron chi connectivity index (χ1n) is 8.40. The molecule has 3 rings (SSSR count). The number of nitrogens with zero attached hydrogens (tertiary/aromatic N) is 4. The predicted molar refractivity (Wildman–Crippen MR) is 117 cm³/mol. The van der Waals surface area contributed by atoms with Gasteiger partial charge in [-0.25, -0.2) is 9.37 Å². The van der Waals surface area contributed by atoms with Gasteiger partial charge >= 0.3 is 0 Å². The molecule has 3 aromatic rings. The van der Waals surface area contributed by atoms with E-state index >= 15 is 0 Å². The molecule has 0 bridgehead atoms. The van der Waals surface area contributed by atoms with E-state index in [9.17, 15) is 4.39 Å². The third-order valence-electron chi connectivity index (χ3n) is 4.12. The average molecular weight is 479 g/mol. The minimum absolute atomic E-state index is 0. The highest BCUT2D eigenvalue weighted by molar-refractivity contribution is 14.0. The number of guanidine groups is 1. The Morgan fingerprint density at radius 2 is 1.93 bits per heavy atom. The van der Waals surface area contributed by atoms with Crippen LogP contribution in [0.25, 0.3) is 5.69 Å². The smallest absolute Gasteiger partial charge is 0.193 e. The van der Waals surface area contributed by atoms with E-state index in [2.05, 4.69) is 27.4 Å². The van der Waals surface area contributed by atoms with Crippen molar-refractivity contribution in [3.63, 3.8) is 0 Å². The van der Waals surface area contributed by atoms with Gasteiger partial charge in [0.2, 0.25) is 0 Å². The van der Waals surface area contributed by atoms with E-state index in [0.717, 1.165) is 22.8 Å². The van der Waals surface area contributed by atoms with Gasteiger partial charge in [-0.3, -0.25) is 4.99 Å². The number of hydrogen-bond donors (Lipinski definition) is 1. The van der Waals surface area contributed by atoms with Crippen LogP contribution in [0.4, 0.5) is 4.39 Å². The minimum atomic E-state index is -0.227. The third kappa shape index (κ3) is 5.53. The van der Waals surface area contributed by atoms with Crippen molar-refractivity contribution < 1.29 is 4.39 Å². The Hall–Kier alpha value is -2.42. The first kappa shape index (κ1) is 20.9. The summed E-state index contributed by atoms with van der Waals surface area (Å²) in [4.78, 5) is 10.5. The van der Waals surface area contributed by atoms with Crippen molar-refractivity contribution >= 4 is 29.9 Å². The lowest BCUT2D eigenvalue weighted by Gasteiger charge is -2.23. The van der Waals surface area contributed by atoms with Crippen LogP contribution in [0.2, 0.25) is 0 Å². The lowest BCUT2D eigenvalue weighted by molar-refractivity contribution is 0.476. The molecule has 0 aliphatic carbocycles. The van der Waals surface area contributed by atoms with Gasteiger partial charge in [-0.2, -0.15) is 0 Å². The Kier molecular flexibility index (Phi) is 7.78. The summed E-state index contributed by atoms with van der Waals surface area (Å²) in [6.45, 7) is 1.28. The molecule has 0 saturated carbocycles. The summed E-state index contributed by atoms with van der Waals surface area (Å²) in [6, 6.07) is 14.7. The van der Waals surface area contributed by atoms with Crippen LogP contribution in [0.1, 0.15) is 11.1 Å². The molecule has 0 amide bonds. The number of aliphatic imine (C=N–C) groups is 1. The standard InChI is InChI=1S/C20H22FN5.HI/c1-22-20(25(2)14-16-7-9-18(21)10-8-16)24-13-17-5-3-4-6-19(17)26-12-11-23-15-26;/h3-12,15H,13-14H2,1-2H3,(H,22,24);1H. The molecule has 27 heavy (non-hydrogen) atoms. The number of aromatic nitrogens is 2. The van der Waals surface area contributed by atoms with Crippen LogP contribution in [0.5, 0.6) is 0 Å². The van der Waals surface area contributed by atoms with E-state index in [-0.39, 0.29) is 29.8 Å². The van der Waals surface area contributed by atoms with Gasteiger partial charge in [0.25, 0.3) is 0 Å². The summed E-state index contributed by atoms with van der Waals surface area (Å²) in [5.41, 5.74) is 3.24. The predicted octanol–water partition coefficient (Wildman–Crippen LogP) is 3.84. The summed E-state index contributed by atoms with van der Waals surface area (Å²) >= 11 is 0. The molecule has 0 saturated heterocycles. The molecule has 0 aliphatic rings. The topological polar surface area (TPSA) is 45.5 Å². The average Bonchev–Trinajstić information content (AvgIpc) is 3.19. The molecule has 0 unspecified atom stereocenters. The van der Waals surface area contributed by atoms with Crippen molar-refractivity contribution in [3.8, 4) is 5.69 Å². The van der Waals surface area contributed by atoms with Gasteiger partial charge < -0.3 is 14.8 Å². The van der Waals surface area contributed by atoms with Crippen LogP contribution in [-0.4, -0.2) is 34.5 Å². The molecule has 7 heteroatoms. The number of imidazole rings is 1. The Balaban J connectivity index is 0.00000261. The number of halogens is 2. The highest BCUT2D eigenvalue weighted by atomic mass is 127. The van der Waals surface area contributed by atoms with Crippen LogP contribution >= 0.6 is 24.0 Å². The maximum atomic E-state index is 13.1. The lowest BCUT2D eigenvalue weighted by atomic mass is 10.1. The fourth-order valence-corrected chi connectivity index (χ4v) is 2.81. The molecule has 5 nitrogen and oxygen atoms in total. The Morgan fingerprint density at radius 3 is 2.59 bits per heavy atom. The maximum Gasteiger partial charge on any atom is 0.193 e. The van der Waals surface area contributed by atoms with E-state index in [1.54, 1.807) is 31.7 Å². The van der Waals surface area contributed by atoms with Crippen LogP contribution in [0, 0.1) is 5.82 Å². The summed E-state index contributed by atoms with van der Waals surface area (Å²) in [5.74, 6) is 0.546. The lowest BCUT2D eigenvalue weighted by Crippen LogP contribution is -2.38. The number of rotatable bonds is 5. The Labute approximate surface area is 176 Å². The molecule has 0 aliphatic heterocycles. The second-order valence-electron chi connectivity index (χ2n) is 5.98. The quantitative estimate of drug-likeness (QED) is 0.344. The van der Waals surface area contributed by atoms with Crippen molar-refractivity contribution in [1.29, 1.82) is 0 Å². The van der Waals surface area contributed by atoms with E-state index in [1.807, 2.05) is 34.8 Å². The van der Waals surface area contributed by atoms with E-state index in [1.165, 1.54) is 12.1 Å². The number of hydrogen-bond acceptors (Lipinski definition) is 2. The number of benzene rings is 2. The molecule has 142 valence electrons. The summed E-state index contributed by atoms with van der Waals surface area (Å²) in [7, 11) is 3.71. The fraction of sp³-hybridized carbons (Fsp3) is 0.200. The van der Waals surface area contributed by atoms with Gasteiger partial charge in [0.05, 0.1) is 12.0 Å². The van der Waals surface area contributed by atoms with Crippen LogP contribution in [-0.2, 0) is 13.1 Å². The van der Waals surface area contributed by atoms with Gasteiger partial charge in [0.15, 0.2) is 5.96 Å². The van der Waals surface area contributed by atoms with Crippen molar-refractivity contribution in [3.05, 3.63) is 84.2 Å². The molecule has 2 aromatic carbocycles. The van der Waals surface area contributed by atoms with E-state index < -0.39 is 0 Å². The largest absolute Gasteiger partial charge is 0.352 e. The monoisotopic (exact) mass is 479 g/mol. The molecule has 1 aromatic heterocycles. The minimum Gasteiger partial charge on any atom is -0.352 e. The first-order valence-corrected chi connectivity index (χ1v) is 8.40. The molecule has 1 heterocycles.